The topological polar surface area (TPSA) is 88.4 Å². The molecule has 0 aliphatic carbocycles. The lowest BCUT2D eigenvalue weighted by Gasteiger charge is -2.19. The lowest BCUT2D eigenvalue weighted by atomic mass is 9.87. The van der Waals surface area contributed by atoms with Crippen LogP contribution in [0, 0.1) is 6.92 Å². The fourth-order valence-corrected chi connectivity index (χ4v) is 3.20. The average Bonchev–Trinajstić information content (AvgIpc) is 3.13. The number of thiazole rings is 1. The van der Waals surface area contributed by atoms with Gasteiger partial charge in [-0.2, -0.15) is 4.98 Å². The third kappa shape index (κ3) is 3.91. The summed E-state index contributed by atoms with van der Waals surface area (Å²) in [5.41, 5.74) is 2.64. The molecule has 0 atom stereocenters. The number of carbonyl (C=O) groups is 2. The van der Waals surface area contributed by atoms with Gasteiger partial charge in [-0.15, -0.1) is 16.4 Å². The van der Waals surface area contributed by atoms with Crippen molar-refractivity contribution < 1.29 is 9.59 Å². The zero-order chi connectivity index (χ0) is 18.9. The Kier molecular flexibility index (Phi) is 4.78. The first-order chi connectivity index (χ1) is 12.2. The van der Waals surface area contributed by atoms with Crippen LogP contribution < -0.4 is 10.6 Å². The molecule has 3 aromatic rings. The number of hydrogen-bond donors (Lipinski definition) is 2. The highest BCUT2D eigenvalue weighted by molar-refractivity contribution is 7.15. The summed E-state index contributed by atoms with van der Waals surface area (Å²) < 4.78 is 1.66. The number of nitrogens with zero attached hydrogens (tertiary/aromatic N) is 3. The molecule has 2 amide bonds. The van der Waals surface area contributed by atoms with E-state index in [9.17, 15) is 9.59 Å². The molecule has 1 aromatic carbocycles. The van der Waals surface area contributed by atoms with Crippen LogP contribution in [-0.2, 0) is 10.2 Å². The maximum Gasteiger partial charge on any atom is 0.251 e. The third-order valence-corrected chi connectivity index (χ3v) is 4.85. The summed E-state index contributed by atoms with van der Waals surface area (Å²) in [4.78, 5) is 29.1. The van der Waals surface area contributed by atoms with Crippen LogP contribution in [0.5, 0.6) is 0 Å². The Morgan fingerprint density at radius 1 is 1.19 bits per heavy atom. The minimum atomic E-state index is -0.374. The first kappa shape index (κ1) is 18.1. The quantitative estimate of drug-likeness (QED) is 0.738. The molecule has 0 bridgehead atoms. The van der Waals surface area contributed by atoms with Crippen molar-refractivity contribution in [1.29, 1.82) is 0 Å². The molecule has 26 heavy (non-hydrogen) atoms. The van der Waals surface area contributed by atoms with Gasteiger partial charge in [-0.1, -0.05) is 32.9 Å². The molecule has 3 rings (SSSR count). The van der Waals surface area contributed by atoms with Gasteiger partial charge in [0.25, 0.3) is 5.91 Å². The summed E-state index contributed by atoms with van der Waals surface area (Å²) in [5.74, 6) is -0.440. The van der Waals surface area contributed by atoms with E-state index in [0.29, 0.717) is 10.5 Å². The van der Waals surface area contributed by atoms with Crippen molar-refractivity contribution in [3.05, 3.63) is 46.5 Å². The van der Waals surface area contributed by atoms with Crippen molar-refractivity contribution in [3.63, 3.8) is 0 Å². The number of anilines is 1. The monoisotopic (exact) mass is 371 g/mol. The van der Waals surface area contributed by atoms with Crippen molar-refractivity contribution in [2.75, 3.05) is 11.9 Å². The minimum absolute atomic E-state index is 0.0263. The Labute approximate surface area is 155 Å². The molecular weight excluding hydrogens is 350 g/mol. The second-order valence-corrected chi connectivity index (χ2v) is 7.90. The van der Waals surface area contributed by atoms with E-state index >= 15 is 0 Å². The van der Waals surface area contributed by atoms with E-state index in [-0.39, 0.29) is 29.7 Å². The SMILES string of the molecule is Cc1csc2nc(NC(=O)CNC(=O)c3ccc(C(C)(C)C)cc3)nn12. The highest BCUT2D eigenvalue weighted by Gasteiger charge is 2.15. The van der Waals surface area contributed by atoms with Crippen LogP contribution in [0.4, 0.5) is 5.95 Å². The number of benzene rings is 1. The fourth-order valence-electron chi connectivity index (χ4n) is 2.40. The molecule has 0 spiro atoms. The van der Waals surface area contributed by atoms with Gasteiger partial charge in [-0.25, -0.2) is 4.52 Å². The molecule has 7 nitrogen and oxygen atoms in total. The highest BCUT2D eigenvalue weighted by atomic mass is 32.1. The molecule has 2 heterocycles. The van der Waals surface area contributed by atoms with Gasteiger partial charge in [-0.3, -0.25) is 14.9 Å². The van der Waals surface area contributed by atoms with E-state index in [1.807, 2.05) is 24.4 Å². The molecule has 136 valence electrons. The van der Waals surface area contributed by atoms with E-state index in [0.717, 1.165) is 11.3 Å². The molecule has 0 unspecified atom stereocenters. The normalized spacial score (nSPS) is 11.5. The van der Waals surface area contributed by atoms with Crippen LogP contribution in [0.1, 0.15) is 42.4 Å². The van der Waals surface area contributed by atoms with Crippen LogP contribution in [-0.4, -0.2) is 33.0 Å². The summed E-state index contributed by atoms with van der Waals surface area (Å²) >= 11 is 1.45. The fraction of sp³-hybridized carbons (Fsp3) is 0.333. The number of fused-ring (bicyclic) bond motifs is 1. The van der Waals surface area contributed by atoms with E-state index in [1.54, 1.807) is 16.6 Å². The second-order valence-electron chi connectivity index (χ2n) is 7.07. The molecular formula is C18H21N5O2S. The summed E-state index contributed by atoms with van der Waals surface area (Å²) in [7, 11) is 0. The standard InChI is InChI=1S/C18H21N5O2S/c1-11-10-26-17-21-16(22-23(11)17)20-14(24)9-19-15(25)12-5-7-13(8-6-12)18(2,3)4/h5-8,10H,9H2,1-4H3,(H,19,25)(H,20,22,24). The molecule has 0 saturated heterocycles. The molecule has 0 fully saturated rings. The molecule has 2 aromatic heterocycles. The number of aryl methyl sites for hydroxylation is 1. The predicted octanol–water partition coefficient (Wildman–Crippen LogP) is 2.77. The summed E-state index contributed by atoms with van der Waals surface area (Å²) in [6.07, 6.45) is 0. The minimum Gasteiger partial charge on any atom is -0.343 e. The number of aromatic nitrogens is 3. The second kappa shape index (κ2) is 6.87. The van der Waals surface area contributed by atoms with Crippen LogP contribution in [0.25, 0.3) is 4.96 Å². The van der Waals surface area contributed by atoms with Crippen molar-refractivity contribution >= 4 is 34.1 Å². The van der Waals surface area contributed by atoms with Gasteiger partial charge in [-0.05, 0) is 30.0 Å². The van der Waals surface area contributed by atoms with Gasteiger partial charge in [0, 0.05) is 10.9 Å². The highest BCUT2D eigenvalue weighted by Crippen LogP contribution is 2.22. The van der Waals surface area contributed by atoms with Crippen LogP contribution in [0.3, 0.4) is 0 Å². The van der Waals surface area contributed by atoms with Gasteiger partial charge < -0.3 is 5.32 Å². The van der Waals surface area contributed by atoms with Gasteiger partial charge >= 0.3 is 0 Å². The Bertz CT molecular complexity index is 950. The van der Waals surface area contributed by atoms with Gasteiger partial charge in [0.05, 0.1) is 12.2 Å². The maximum absolute atomic E-state index is 12.2. The van der Waals surface area contributed by atoms with Gasteiger partial charge in [0.1, 0.15) is 0 Å². The van der Waals surface area contributed by atoms with E-state index in [4.69, 9.17) is 0 Å². The van der Waals surface area contributed by atoms with Gasteiger partial charge in [0.2, 0.25) is 16.8 Å². The van der Waals surface area contributed by atoms with Crippen molar-refractivity contribution in [3.8, 4) is 0 Å². The van der Waals surface area contributed by atoms with E-state index in [2.05, 4.69) is 41.5 Å². The van der Waals surface area contributed by atoms with Crippen LogP contribution in [0.15, 0.2) is 29.6 Å². The zero-order valence-electron chi connectivity index (χ0n) is 15.2. The van der Waals surface area contributed by atoms with Crippen LogP contribution in [0.2, 0.25) is 0 Å². The largest absolute Gasteiger partial charge is 0.343 e. The van der Waals surface area contributed by atoms with Gasteiger partial charge in [0.15, 0.2) is 0 Å². The number of nitrogens with one attached hydrogen (secondary N) is 2. The number of rotatable bonds is 4. The number of hydrogen-bond acceptors (Lipinski definition) is 5. The molecule has 8 heteroatoms. The molecule has 0 aliphatic heterocycles. The summed E-state index contributed by atoms with van der Waals surface area (Å²) in [5, 5.41) is 11.3. The van der Waals surface area contributed by atoms with E-state index < -0.39 is 0 Å². The zero-order valence-corrected chi connectivity index (χ0v) is 16.0. The first-order valence-corrected chi connectivity index (χ1v) is 9.11. The summed E-state index contributed by atoms with van der Waals surface area (Å²) in [6, 6.07) is 7.39. The Morgan fingerprint density at radius 2 is 1.88 bits per heavy atom. The Morgan fingerprint density at radius 3 is 2.50 bits per heavy atom. The first-order valence-electron chi connectivity index (χ1n) is 8.23. The van der Waals surface area contributed by atoms with Crippen molar-refractivity contribution in [2.45, 2.75) is 33.1 Å². The molecule has 2 N–H and O–H groups in total. The summed E-state index contributed by atoms with van der Waals surface area (Å²) in [6.45, 7) is 8.10. The lowest BCUT2D eigenvalue weighted by molar-refractivity contribution is -0.115. The number of carbonyl (C=O) groups excluding carboxylic acids is 2. The van der Waals surface area contributed by atoms with Crippen molar-refractivity contribution in [1.82, 2.24) is 19.9 Å². The average molecular weight is 371 g/mol. The molecule has 0 aliphatic rings. The van der Waals surface area contributed by atoms with E-state index in [1.165, 1.54) is 11.3 Å². The lowest BCUT2D eigenvalue weighted by Crippen LogP contribution is -2.33. The Balaban J connectivity index is 1.55. The van der Waals surface area contributed by atoms with Crippen molar-refractivity contribution in [2.24, 2.45) is 0 Å². The maximum atomic E-state index is 12.2. The Hall–Kier alpha value is -2.74. The smallest absolute Gasteiger partial charge is 0.251 e. The number of amides is 2. The molecule has 0 saturated carbocycles. The predicted molar refractivity (Wildman–Crippen MR) is 102 cm³/mol. The molecule has 0 radical (unpaired) electrons. The third-order valence-electron chi connectivity index (χ3n) is 3.92. The van der Waals surface area contributed by atoms with Crippen LogP contribution >= 0.6 is 11.3 Å².